The van der Waals surface area contributed by atoms with Crippen molar-refractivity contribution in [2.45, 2.75) is 90.8 Å². The van der Waals surface area contributed by atoms with Crippen LogP contribution in [0.2, 0.25) is 0 Å². The van der Waals surface area contributed by atoms with Crippen molar-refractivity contribution in [1.82, 2.24) is 29.7 Å². The summed E-state index contributed by atoms with van der Waals surface area (Å²) in [4.78, 5) is 83.4. The Morgan fingerprint density at radius 2 is 1.63 bits per heavy atom. The number of carbonyl (C=O) groups excluding carboxylic acids is 2. The van der Waals surface area contributed by atoms with Gasteiger partial charge in [0.25, 0.3) is 13.7 Å². The zero-order chi connectivity index (χ0) is 54.2. The molecule has 406 valence electrons. The lowest BCUT2D eigenvalue weighted by molar-refractivity contribution is -0.496. The summed E-state index contributed by atoms with van der Waals surface area (Å²) in [5.74, 6) is 0.814. The molecule has 3 unspecified atom stereocenters. The van der Waals surface area contributed by atoms with Gasteiger partial charge < -0.3 is 59.8 Å². The highest BCUT2D eigenvalue weighted by molar-refractivity contribution is 7.66. The maximum Gasteiger partial charge on any atom is 0.487 e. The van der Waals surface area contributed by atoms with Crippen LogP contribution in [0.5, 0.6) is 0 Å². The van der Waals surface area contributed by atoms with Crippen LogP contribution in [-0.4, -0.2) is 126 Å². The Hall–Kier alpha value is -5.49. The van der Waals surface area contributed by atoms with Crippen LogP contribution in [0.25, 0.3) is 44.6 Å². The number of nitrogens with zero attached hydrogens (tertiary/aromatic N) is 5. The van der Waals surface area contributed by atoms with Crippen LogP contribution >= 0.6 is 23.5 Å². The van der Waals surface area contributed by atoms with Gasteiger partial charge in [-0.2, -0.15) is 4.31 Å². The van der Waals surface area contributed by atoms with Gasteiger partial charge >= 0.3 is 15.6 Å². The third kappa shape index (κ3) is 14.3. The number of fused-ring (bicyclic) bond motifs is 3. The number of benzene rings is 3. The number of ether oxygens (including phenoxy) is 1. The fourth-order valence-electron chi connectivity index (χ4n) is 8.78. The maximum absolute atomic E-state index is 14.2. The molecule has 7 atom stereocenters. The number of carbonyl (C=O) groups is 2. The molecule has 28 heteroatoms. The quantitative estimate of drug-likeness (QED) is 0.0225. The third-order valence-corrected chi connectivity index (χ3v) is 16.1. The highest BCUT2D eigenvalue weighted by atomic mass is 31.3. The van der Waals surface area contributed by atoms with Crippen LogP contribution in [0.1, 0.15) is 80.1 Å². The smallest absolute Gasteiger partial charge is 0.487 e. The first-order valence-corrected chi connectivity index (χ1v) is 28.7. The number of aliphatic hydroxyl groups is 2. The van der Waals surface area contributed by atoms with Gasteiger partial charge in [-0.05, 0) is 76.3 Å². The van der Waals surface area contributed by atoms with Crippen molar-refractivity contribution in [2.24, 2.45) is 0 Å². The van der Waals surface area contributed by atoms with Crippen molar-refractivity contribution >= 4 is 68.9 Å². The molecule has 4 heterocycles. The van der Waals surface area contributed by atoms with Gasteiger partial charge in [-0.25, -0.2) is 33.4 Å². The van der Waals surface area contributed by atoms with Crippen LogP contribution in [0, 0.1) is 13.8 Å². The molecule has 4 aromatic rings. The molecule has 75 heavy (non-hydrogen) atoms. The summed E-state index contributed by atoms with van der Waals surface area (Å²) in [5.41, 5.74) is 7.43. The monoisotopic (exact) mass is 1100 g/mol. The van der Waals surface area contributed by atoms with Crippen molar-refractivity contribution in [3.63, 3.8) is 0 Å². The number of aliphatic hydroxyl groups excluding tert-OH is 2. The Balaban J connectivity index is 0.854. The van der Waals surface area contributed by atoms with Crippen molar-refractivity contribution in [1.29, 1.82) is 0 Å². The zero-order valence-electron chi connectivity index (χ0n) is 41.9. The molecule has 7 rings (SSSR count). The number of aryl methyl sites for hydroxylation is 2. The Bertz CT molecular complexity index is 3200. The number of imidazole rings is 1. The average molecular weight is 1100 g/mol. The second-order valence-electron chi connectivity index (χ2n) is 17.9. The Labute approximate surface area is 431 Å². The summed E-state index contributed by atoms with van der Waals surface area (Å²) in [6.45, 7) is 10.1. The number of hydrogen-bond donors (Lipinski definition) is 9. The van der Waals surface area contributed by atoms with E-state index in [1.807, 2.05) is 50.2 Å². The minimum absolute atomic E-state index is 0.0995. The molecule has 2 aromatic heterocycles. The molecule has 2 amide bonds. The zero-order valence-corrected chi connectivity index (χ0v) is 44.6. The largest absolute Gasteiger partial charge is 0.756 e. The minimum Gasteiger partial charge on any atom is -0.756 e. The van der Waals surface area contributed by atoms with E-state index in [1.165, 1.54) is 17.2 Å². The average Bonchev–Trinajstić information content (AvgIpc) is 3.90. The van der Waals surface area contributed by atoms with E-state index >= 15 is 0 Å². The van der Waals surface area contributed by atoms with Crippen molar-refractivity contribution < 1.29 is 80.4 Å². The number of unbranched alkanes of at least 4 members (excludes halogenated alkanes) is 3. The molecule has 1 aliphatic carbocycles. The molecule has 0 spiro atoms. The van der Waals surface area contributed by atoms with E-state index in [2.05, 4.69) is 75.0 Å². The van der Waals surface area contributed by atoms with E-state index in [4.69, 9.17) is 14.0 Å². The van der Waals surface area contributed by atoms with Gasteiger partial charge in [0.2, 0.25) is 11.3 Å². The second-order valence-corrected chi connectivity index (χ2v) is 22.3. The van der Waals surface area contributed by atoms with Gasteiger partial charge in [0.1, 0.15) is 42.5 Å². The molecule has 2 aromatic carbocycles. The molecule has 9 N–H and O–H groups in total. The molecule has 0 radical (unpaired) electrons. The van der Waals surface area contributed by atoms with E-state index in [0.29, 0.717) is 54.3 Å². The van der Waals surface area contributed by atoms with Crippen LogP contribution in [0.15, 0.2) is 65.6 Å². The summed E-state index contributed by atoms with van der Waals surface area (Å²) in [6.07, 6.45) is 0.138. The molecule has 1 fully saturated rings. The number of phosphoric ester groups is 1. The normalized spacial score (nSPS) is 19.5. The van der Waals surface area contributed by atoms with Crippen LogP contribution in [0.4, 0.5) is 11.5 Å². The number of hydrogen-bond acceptors (Lipinski definition) is 18. The number of amides is 2. The Morgan fingerprint density at radius 3 is 2.36 bits per heavy atom. The molecule has 25 nitrogen and oxygen atoms in total. The summed E-state index contributed by atoms with van der Waals surface area (Å²) in [7, 11) is -15.5. The second kappa shape index (κ2) is 24.7. The third-order valence-electron chi connectivity index (χ3n) is 12.3. The molecular weight excluding hydrogens is 1040 g/mol. The van der Waals surface area contributed by atoms with Crippen molar-refractivity contribution in [3.8, 4) is 22.5 Å². The molecule has 3 aliphatic rings. The van der Waals surface area contributed by atoms with E-state index in [0.717, 1.165) is 83.0 Å². The highest BCUT2D eigenvalue weighted by Crippen LogP contribution is 2.65. The lowest BCUT2D eigenvalue weighted by Gasteiger charge is -2.22. The van der Waals surface area contributed by atoms with Gasteiger partial charge in [-0.1, -0.05) is 31.0 Å². The molecule has 0 bridgehead atoms. The number of anilines is 2. The summed E-state index contributed by atoms with van der Waals surface area (Å²) < 4.78 is 59.8. The van der Waals surface area contributed by atoms with Gasteiger partial charge in [0.15, 0.2) is 23.2 Å². The molecule has 2 aliphatic heterocycles. The summed E-state index contributed by atoms with van der Waals surface area (Å²) >= 11 is 0. The predicted octanol–water partition coefficient (Wildman–Crippen LogP) is 3.37. The topological polar surface area (TPSA) is 357 Å². The van der Waals surface area contributed by atoms with Crippen LogP contribution in [0.3, 0.4) is 0 Å². The maximum atomic E-state index is 14.2. The minimum atomic E-state index is -5.86. The van der Waals surface area contributed by atoms with Crippen LogP contribution in [-0.2, 0) is 36.4 Å². The number of aromatic nitrogens is 4. The van der Waals surface area contributed by atoms with Crippen molar-refractivity contribution in [2.75, 3.05) is 57.0 Å². The van der Waals surface area contributed by atoms with E-state index < -0.39 is 54.6 Å². The van der Waals surface area contributed by atoms with E-state index in [-0.39, 0.29) is 23.9 Å². The highest BCUT2D eigenvalue weighted by Gasteiger charge is 2.46. The fourth-order valence-corrected chi connectivity index (χ4v) is 11.8. The van der Waals surface area contributed by atoms with E-state index in [1.54, 1.807) is 11.9 Å². The van der Waals surface area contributed by atoms with Gasteiger partial charge in [-0.3, -0.25) is 23.2 Å². The molecular formula is C47H62N9O16P3. The number of rotatable bonds is 25. The Morgan fingerprint density at radius 1 is 0.880 bits per heavy atom. The standard InChI is InChI=1S/C47H62N9O16P3/c1-6-48-34-23-36-32(21-28(34)3)40(33-22-29(4)35(49-7-2)24-37(33)69-36)30-15-10-11-16-31(30)46(60)55(5)20-14-17-39(57)50-18-12-8-9-13-19-51-44-41-45(53-26-52-44)56(27-54-41)47-43(59)42(58)38(70-47)25-68-74(64,65)72-75(66,67)71-73(61,62)63/h10-11,15-16,21-24,26-27,38,42-43,47-48,58-59H,6-9,12-14,17-20,25H2,1-5H3,(H,50,57)(H,64,65)(H,66,67)(H,51,52,53)(H2,61,62,63)/t38-,42-,43-,47-/m1/s1. The molecule has 1 saturated heterocycles. The van der Waals surface area contributed by atoms with Gasteiger partial charge in [0, 0.05) is 79.0 Å². The SMILES string of the molecule is CCNc1cc2oc3cc(=[NH+]CC)c(C)cc-3c(-c3ccccc3C(=O)N(C)CCCC(=O)NCCCCCCNc3ncnc4c3ncn4[C@@H]3O[C@H](COP(=O)(O)OP(=O)(O)OP(=O)([O-])O)[C@@H](O)[C@H]3O)c2cc1C. The fraction of sp³-hybridized carbons (Fsp3) is 0.447. The first-order chi connectivity index (χ1) is 35.6. The summed E-state index contributed by atoms with van der Waals surface area (Å²) in [5, 5.41) is 32.8. The number of nitrogens with one attached hydrogen (secondary N) is 4. The van der Waals surface area contributed by atoms with Gasteiger partial charge in [0.05, 0.1) is 19.0 Å². The number of phosphoric acid groups is 3. The Kier molecular flexibility index (Phi) is 18.8. The summed E-state index contributed by atoms with van der Waals surface area (Å²) in [6, 6.07) is 15.9. The first-order valence-electron chi connectivity index (χ1n) is 24.2. The van der Waals surface area contributed by atoms with Gasteiger partial charge in [-0.15, -0.1) is 0 Å². The first kappa shape index (κ1) is 57.2. The van der Waals surface area contributed by atoms with Crippen LogP contribution < -0.4 is 31.2 Å². The molecule has 0 saturated carbocycles. The van der Waals surface area contributed by atoms with Crippen molar-refractivity contribution in [3.05, 3.63) is 83.2 Å². The van der Waals surface area contributed by atoms with E-state index in [9.17, 15) is 48.2 Å². The predicted molar refractivity (Wildman–Crippen MR) is 272 cm³/mol. The lowest BCUT2D eigenvalue weighted by Crippen LogP contribution is -2.76. The lowest BCUT2D eigenvalue weighted by atomic mass is 9.89.